The highest BCUT2D eigenvalue weighted by molar-refractivity contribution is 5.99. The summed E-state index contributed by atoms with van der Waals surface area (Å²) in [6.45, 7) is 7.01. The molecule has 0 radical (unpaired) electrons. The Morgan fingerprint density at radius 1 is 0.950 bits per heavy atom. The molecule has 0 fully saturated rings. The summed E-state index contributed by atoms with van der Waals surface area (Å²) >= 11 is 0. The molecule has 0 spiro atoms. The van der Waals surface area contributed by atoms with Gasteiger partial charge in [-0.05, 0) is 27.2 Å². The largest absolute Gasteiger partial charge is 0.462 e. The van der Waals surface area contributed by atoms with Crippen molar-refractivity contribution in [1.29, 1.82) is 0 Å². The van der Waals surface area contributed by atoms with Crippen LogP contribution in [0.5, 0.6) is 0 Å². The van der Waals surface area contributed by atoms with E-state index < -0.39 is 17.4 Å². The zero-order valence-corrected chi connectivity index (χ0v) is 13.2. The van der Waals surface area contributed by atoms with Gasteiger partial charge in [-0.1, -0.05) is 6.92 Å². The maximum absolute atomic E-state index is 12.1. The van der Waals surface area contributed by atoms with Crippen LogP contribution in [0, 0.1) is 5.41 Å². The molecule has 0 saturated carbocycles. The Hall–Kier alpha value is -1.14. The van der Waals surface area contributed by atoms with Crippen LogP contribution in [-0.4, -0.2) is 51.6 Å². The lowest BCUT2D eigenvalue weighted by Crippen LogP contribution is -2.40. The number of carbonyl (C=O) groups excluding carboxylic acids is 2. The zero-order chi connectivity index (χ0) is 15.8. The molecule has 2 atom stereocenters. The minimum absolute atomic E-state index is 0.104. The van der Waals surface area contributed by atoms with Crippen molar-refractivity contribution in [1.82, 2.24) is 0 Å². The van der Waals surface area contributed by atoms with Crippen LogP contribution in [-0.2, 0) is 28.5 Å². The number of methoxy groups -OCH3 is 2. The Labute approximate surface area is 120 Å². The maximum Gasteiger partial charge on any atom is 0.323 e. The zero-order valence-electron chi connectivity index (χ0n) is 13.2. The first-order valence-electron chi connectivity index (χ1n) is 6.71. The van der Waals surface area contributed by atoms with Crippen LogP contribution < -0.4 is 0 Å². The normalized spacial score (nSPS) is 16.9. The van der Waals surface area contributed by atoms with Gasteiger partial charge in [0.2, 0.25) is 0 Å². The summed E-state index contributed by atoms with van der Waals surface area (Å²) in [6.07, 6.45) is -0.137. The van der Waals surface area contributed by atoms with E-state index in [0.717, 1.165) is 0 Å². The van der Waals surface area contributed by atoms with Crippen molar-refractivity contribution in [3.05, 3.63) is 0 Å². The van der Waals surface area contributed by atoms with Crippen LogP contribution in [0.4, 0.5) is 0 Å². The van der Waals surface area contributed by atoms with Gasteiger partial charge >= 0.3 is 11.9 Å². The molecule has 0 heterocycles. The quantitative estimate of drug-likeness (QED) is 0.474. The first kappa shape index (κ1) is 18.9. The first-order valence-corrected chi connectivity index (χ1v) is 6.71. The molecule has 20 heavy (non-hydrogen) atoms. The molecule has 0 aliphatic heterocycles. The molecule has 2 unspecified atom stereocenters. The number of hydrogen-bond donors (Lipinski definition) is 0. The Morgan fingerprint density at radius 2 is 1.30 bits per heavy atom. The topological polar surface area (TPSA) is 71.1 Å². The van der Waals surface area contributed by atoms with Gasteiger partial charge in [-0.25, -0.2) is 0 Å². The van der Waals surface area contributed by atoms with Crippen LogP contribution >= 0.6 is 0 Å². The van der Waals surface area contributed by atoms with E-state index >= 15 is 0 Å². The molecule has 6 heteroatoms. The minimum atomic E-state index is -1.30. The number of carbonyl (C=O) groups is 2. The summed E-state index contributed by atoms with van der Waals surface area (Å²) in [7, 11) is 3.05. The van der Waals surface area contributed by atoms with Gasteiger partial charge in [0.15, 0.2) is 5.41 Å². The molecule has 118 valence electrons. The molecule has 6 nitrogen and oxygen atoms in total. The fourth-order valence-corrected chi connectivity index (χ4v) is 1.21. The van der Waals surface area contributed by atoms with Crippen molar-refractivity contribution in [2.24, 2.45) is 5.41 Å². The van der Waals surface area contributed by atoms with Gasteiger partial charge in [-0.3, -0.25) is 9.59 Å². The molecular formula is C14H26O6. The highest BCUT2D eigenvalue weighted by atomic mass is 16.6. The summed E-state index contributed by atoms with van der Waals surface area (Å²) in [4.78, 5) is 24.1. The second-order valence-electron chi connectivity index (χ2n) is 4.98. The molecule has 0 aromatic carbocycles. The lowest BCUT2D eigenvalue weighted by atomic mass is 9.88. The molecular weight excluding hydrogens is 264 g/mol. The van der Waals surface area contributed by atoms with Crippen LogP contribution in [0.3, 0.4) is 0 Å². The maximum atomic E-state index is 12.1. The third-order valence-electron chi connectivity index (χ3n) is 3.31. The van der Waals surface area contributed by atoms with Gasteiger partial charge in [-0.2, -0.15) is 0 Å². The summed E-state index contributed by atoms with van der Waals surface area (Å²) in [5.74, 6) is -1.20. The smallest absolute Gasteiger partial charge is 0.323 e. The Morgan fingerprint density at radius 3 is 1.55 bits per heavy atom. The van der Waals surface area contributed by atoms with Crippen molar-refractivity contribution >= 4 is 11.9 Å². The van der Waals surface area contributed by atoms with Crippen LogP contribution in [0.2, 0.25) is 0 Å². The Kier molecular flexibility index (Phi) is 8.41. The van der Waals surface area contributed by atoms with Crippen molar-refractivity contribution in [2.75, 3.05) is 27.4 Å². The predicted octanol–water partition coefficient (Wildman–Crippen LogP) is 1.56. The molecule has 0 aromatic heterocycles. The third-order valence-corrected chi connectivity index (χ3v) is 3.31. The van der Waals surface area contributed by atoms with E-state index in [4.69, 9.17) is 18.9 Å². The van der Waals surface area contributed by atoms with E-state index in [-0.39, 0.29) is 25.4 Å². The van der Waals surface area contributed by atoms with Crippen molar-refractivity contribution in [2.45, 2.75) is 46.3 Å². The van der Waals surface area contributed by atoms with Gasteiger partial charge in [0, 0.05) is 14.2 Å². The average Bonchev–Trinajstić information content (AvgIpc) is 2.47. The van der Waals surface area contributed by atoms with Crippen molar-refractivity contribution in [3.8, 4) is 0 Å². The lowest BCUT2D eigenvalue weighted by Gasteiger charge is -2.25. The summed E-state index contributed by atoms with van der Waals surface area (Å²) in [5, 5.41) is 0. The molecule has 0 N–H and O–H groups in total. The number of hydrogen-bond acceptors (Lipinski definition) is 6. The van der Waals surface area contributed by atoms with E-state index in [2.05, 4.69) is 0 Å². The lowest BCUT2D eigenvalue weighted by molar-refractivity contribution is -0.175. The minimum Gasteiger partial charge on any atom is -0.462 e. The molecule has 0 aromatic rings. The fraction of sp³-hybridized carbons (Fsp3) is 0.857. The molecule has 0 aliphatic carbocycles. The number of esters is 2. The average molecular weight is 290 g/mol. The van der Waals surface area contributed by atoms with Crippen molar-refractivity contribution in [3.63, 3.8) is 0 Å². The fourth-order valence-electron chi connectivity index (χ4n) is 1.21. The van der Waals surface area contributed by atoms with E-state index in [1.165, 1.54) is 21.1 Å². The molecule has 0 amide bonds. The van der Waals surface area contributed by atoms with Crippen molar-refractivity contribution < 1.29 is 28.5 Å². The standard InChI is InChI=1S/C14H26O6/c1-7-14(4,12(15)19-8-10(2)17-5)13(16)20-9-11(3)18-6/h10-11H,7-9H2,1-6H3. The second-order valence-corrected chi connectivity index (χ2v) is 4.98. The molecule has 0 bridgehead atoms. The van der Waals surface area contributed by atoms with E-state index in [9.17, 15) is 9.59 Å². The first-order chi connectivity index (χ1) is 9.31. The highest BCUT2D eigenvalue weighted by Crippen LogP contribution is 2.25. The molecule has 0 rings (SSSR count). The third kappa shape index (κ3) is 5.46. The van der Waals surface area contributed by atoms with Crippen LogP contribution in [0.1, 0.15) is 34.1 Å². The SMILES string of the molecule is CCC(C)(C(=O)OCC(C)OC)C(=O)OCC(C)OC. The summed E-state index contributed by atoms with van der Waals surface area (Å²) in [6, 6.07) is 0. The predicted molar refractivity (Wildman–Crippen MR) is 73.3 cm³/mol. The van der Waals surface area contributed by atoms with Gasteiger partial charge < -0.3 is 18.9 Å². The van der Waals surface area contributed by atoms with E-state index in [1.54, 1.807) is 20.8 Å². The Balaban J connectivity index is 4.56. The number of rotatable bonds is 9. The van der Waals surface area contributed by atoms with Gasteiger partial charge in [0.05, 0.1) is 12.2 Å². The monoisotopic (exact) mass is 290 g/mol. The van der Waals surface area contributed by atoms with Gasteiger partial charge in [0.25, 0.3) is 0 Å². The Bertz CT molecular complexity index is 289. The molecule has 0 aliphatic rings. The van der Waals surface area contributed by atoms with Crippen LogP contribution in [0.25, 0.3) is 0 Å². The molecule has 0 saturated heterocycles. The van der Waals surface area contributed by atoms with Gasteiger partial charge in [-0.15, -0.1) is 0 Å². The van der Waals surface area contributed by atoms with Crippen LogP contribution in [0.15, 0.2) is 0 Å². The van der Waals surface area contributed by atoms with Gasteiger partial charge in [0.1, 0.15) is 13.2 Å². The van der Waals surface area contributed by atoms with E-state index in [0.29, 0.717) is 6.42 Å². The summed E-state index contributed by atoms with van der Waals surface area (Å²) < 4.78 is 20.2. The second kappa shape index (κ2) is 8.92. The summed E-state index contributed by atoms with van der Waals surface area (Å²) in [5.41, 5.74) is -1.30. The van der Waals surface area contributed by atoms with E-state index in [1.807, 2.05) is 0 Å². The number of ether oxygens (including phenoxy) is 4. The highest BCUT2D eigenvalue weighted by Gasteiger charge is 2.43.